The molecule has 104 valence electrons. The Morgan fingerprint density at radius 1 is 1.00 bits per heavy atom. The van der Waals surface area contributed by atoms with Gasteiger partial charge in [0.05, 0.1) is 11.1 Å². The summed E-state index contributed by atoms with van der Waals surface area (Å²) in [5.74, 6) is 0. The van der Waals surface area contributed by atoms with Crippen LogP contribution >= 0.6 is 11.6 Å². The molecule has 9 heteroatoms. The van der Waals surface area contributed by atoms with Gasteiger partial charge in [0.1, 0.15) is 0 Å². The normalized spacial score (nSPS) is 12.4. The summed E-state index contributed by atoms with van der Waals surface area (Å²) in [7, 11) is 0. The van der Waals surface area contributed by atoms with Gasteiger partial charge in [-0.3, -0.25) is 9.59 Å². The predicted molar refractivity (Wildman–Crippen MR) is 52.0 cm³/mol. The van der Waals surface area contributed by atoms with Gasteiger partial charge in [-0.05, 0) is 23.7 Å². The minimum absolute atomic E-state index is 0.0502. The van der Waals surface area contributed by atoms with Crippen molar-refractivity contribution in [3.05, 3.63) is 34.4 Å². The zero-order valence-corrected chi connectivity index (χ0v) is 9.45. The number of aldehydes is 1. The van der Waals surface area contributed by atoms with Crippen LogP contribution in [0.3, 0.4) is 0 Å². The van der Waals surface area contributed by atoms with Gasteiger partial charge in [-0.15, -0.1) is 0 Å². The summed E-state index contributed by atoms with van der Waals surface area (Å²) in [5.41, 5.74) is -5.92. The first-order valence-corrected chi connectivity index (χ1v) is 4.83. The van der Waals surface area contributed by atoms with E-state index in [0.717, 1.165) is 0 Å². The molecule has 0 unspecified atom stereocenters. The molecule has 0 aliphatic carbocycles. The van der Waals surface area contributed by atoms with E-state index in [1.165, 1.54) is 0 Å². The molecule has 0 bridgehead atoms. The van der Waals surface area contributed by atoms with Crippen molar-refractivity contribution in [1.29, 1.82) is 0 Å². The van der Waals surface area contributed by atoms with Crippen molar-refractivity contribution in [3.63, 3.8) is 0 Å². The molecular formula is C10H3ClF6O2. The number of benzene rings is 1. The maximum absolute atomic E-state index is 12.5. The summed E-state index contributed by atoms with van der Waals surface area (Å²) in [5, 5.41) is -1.46. The minimum atomic E-state index is -5.34. The van der Waals surface area contributed by atoms with Crippen molar-refractivity contribution in [1.82, 2.24) is 0 Å². The SMILES string of the molecule is O=Cc1cc(C(F)(F)F)c(C(F)(F)F)cc1C(=O)Cl. The number of rotatable bonds is 2. The van der Waals surface area contributed by atoms with Crippen LogP contribution in [0, 0.1) is 0 Å². The van der Waals surface area contributed by atoms with E-state index in [4.69, 9.17) is 11.6 Å². The molecule has 0 saturated carbocycles. The standard InChI is InChI=1S/C10H3ClF6O2/c11-8(19)5-2-7(10(15,16)17)6(9(12,13)14)1-4(5)3-18/h1-3H. The number of halogens is 7. The molecule has 0 aromatic heterocycles. The lowest BCUT2D eigenvalue weighted by atomic mass is 9.98. The largest absolute Gasteiger partial charge is 0.417 e. The van der Waals surface area contributed by atoms with Gasteiger partial charge in [0.15, 0.2) is 6.29 Å². The molecule has 0 atom stereocenters. The van der Waals surface area contributed by atoms with Crippen LogP contribution in [0.15, 0.2) is 12.1 Å². The van der Waals surface area contributed by atoms with E-state index in [0.29, 0.717) is 0 Å². The van der Waals surface area contributed by atoms with Crippen LogP contribution in [0.25, 0.3) is 0 Å². The molecular weight excluding hydrogens is 302 g/mol. The van der Waals surface area contributed by atoms with Gasteiger partial charge in [-0.2, -0.15) is 26.3 Å². The van der Waals surface area contributed by atoms with E-state index < -0.39 is 39.8 Å². The second-order valence-electron chi connectivity index (χ2n) is 3.37. The molecule has 2 nitrogen and oxygen atoms in total. The summed E-state index contributed by atoms with van der Waals surface area (Å²) >= 11 is 4.93. The Kier molecular flexibility index (Phi) is 3.94. The second kappa shape index (κ2) is 4.84. The number of carbonyl (C=O) groups excluding carboxylic acids is 2. The summed E-state index contributed by atoms with van der Waals surface area (Å²) in [4.78, 5) is 21.3. The van der Waals surface area contributed by atoms with Gasteiger partial charge in [0.2, 0.25) is 0 Å². The average molecular weight is 305 g/mol. The molecule has 0 radical (unpaired) electrons. The highest BCUT2D eigenvalue weighted by Gasteiger charge is 2.44. The first-order chi connectivity index (χ1) is 8.48. The lowest BCUT2D eigenvalue weighted by molar-refractivity contribution is -0.162. The van der Waals surface area contributed by atoms with Crippen molar-refractivity contribution >= 4 is 23.1 Å². The molecule has 19 heavy (non-hydrogen) atoms. The van der Waals surface area contributed by atoms with Crippen LogP contribution in [0.1, 0.15) is 31.8 Å². The quantitative estimate of drug-likeness (QED) is 0.471. The van der Waals surface area contributed by atoms with Gasteiger partial charge < -0.3 is 0 Å². The fourth-order valence-electron chi connectivity index (χ4n) is 1.35. The van der Waals surface area contributed by atoms with Crippen LogP contribution in [0.2, 0.25) is 0 Å². The monoisotopic (exact) mass is 304 g/mol. The first kappa shape index (κ1) is 15.5. The van der Waals surface area contributed by atoms with E-state index in [2.05, 4.69) is 0 Å². The highest BCUT2D eigenvalue weighted by atomic mass is 35.5. The number of carbonyl (C=O) groups is 2. The fourth-order valence-corrected chi connectivity index (χ4v) is 1.52. The smallest absolute Gasteiger partial charge is 0.298 e. The van der Waals surface area contributed by atoms with E-state index in [1.807, 2.05) is 0 Å². The summed E-state index contributed by atoms with van der Waals surface area (Å²) in [6.07, 6.45) is -10.8. The van der Waals surface area contributed by atoms with Gasteiger partial charge in [-0.1, -0.05) is 0 Å². The topological polar surface area (TPSA) is 34.1 Å². The Labute approximate surface area is 107 Å². The maximum atomic E-state index is 12.5. The van der Waals surface area contributed by atoms with Crippen molar-refractivity contribution in [3.8, 4) is 0 Å². The lowest BCUT2D eigenvalue weighted by Gasteiger charge is -2.17. The number of alkyl halides is 6. The highest BCUT2D eigenvalue weighted by molar-refractivity contribution is 6.68. The Morgan fingerprint density at radius 2 is 1.42 bits per heavy atom. The third-order valence-corrected chi connectivity index (χ3v) is 2.34. The van der Waals surface area contributed by atoms with Crippen molar-refractivity contribution < 1.29 is 35.9 Å². The summed E-state index contributed by atoms with van der Waals surface area (Å²) in [6, 6.07) is -0.132. The molecule has 0 spiro atoms. The Hall–Kier alpha value is -1.57. The Bertz CT molecular complexity index is 532. The zero-order chi connectivity index (χ0) is 15.0. The van der Waals surface area contributed by atoms with Crippen molar-refractivity contribution in [2.24, 2.45) is 0 Å². The molecule has 1 rings (SSSR count). The predicted octanol–water partition coefficient (Wildman–Crippen LogP) is 3.92. The third-order valence-electron chi connectivity index (χ3n) is 2.14. The summed E-state index contributed by atoms with van der Waals surface area (Å²) < 4.78 is 75.0. The molecule has 0 heterocycles. The average Bonchev–Trinajstić information content (AvgIpc) is 2.24. The molecule has 0 N–H and O–H groups in total. The Balaban J connectivity index is 3.73. The van der Waals surface area contributed by atoms with Crippen LogP contribution in [-0.2, 0) is 12.4 Å². The molecule has 1 aromatic rings. The minimum Gasteiger partial charge on any atom is -0.298 e. The molecule has 0 saturated heterocycles. The second-order valence-corrected chi connectivity index (χ2v) is 3.72. The highest BCUT2D eigenvalue weighted by Crippen LogP contribution is 2.41. The van der Waals surface area contributed by atoms with Crippen LogP contribution < -0.4 is 0 Å². The van der Waals surface area contributed by atoms with Gasteiger partial charge in [0.25, 0.3) is 5.24 Å². The van der Waals surface area contributed by atoms with Crippen LogP contribution in [0.5, 0.6) is 0 Å². The van der Waals surface area contributed by atoms with Crippen LogP contribution in [0.4, 0.5) is 26.3 Å². The zero-order valence-electron chi connectivity index (χ0n) is 8.69. The molecule has 0 amide bonds. The lowest BCUT2D eigenvalue weighted by Crippen LogP contribution is -2.18. The molecule has 0 aliphatic rings. The van der Waals surface area contributed by atoms with E-state index in [-0.39, 0.29) is 18.4 Å². The number of hydrogen-bond acceptors (Lipinski definition) is 2. The van der Waals surface area contributed by atoms with Gasteiger partial charge >= 0.3 is 12.4 Å². The van der Waals surface area contributed by atoms with Crippen molar-refractivity contribution in [2.75, 3.05) is 0 Å². The fraction of sp³-hybridized carbons (Fsp3) is 0.200. The van der Waals surface area contributed by atoms with E-state index >= 15 is 0 Å². The van der Waals surface area contributed by atoms with Crippen LogP contribution in [-0.4, -0.2) is 11.5 Å². The van der Waals surface area contributed by atoms with E-state index in [1.54, 1.807) is 0 Å². The van der Waals surface area contributed by atoms with Crippen molar-refractivity contribution in [2.45, 2.75) is 12.4 Å². The number of hydrogen-bond donors (Lipinski definition) is 0. The molecule has 0 fully saturated rings. The molecule has 0 aliphatic heterocycles. The van der Waals surface area contributed by atoms with Gasteiger partial charge in [-0.25, -0.2) is 0 Å². The Morgan fingerprint density at radius 3 is 1.74 bits per heavy atom. The summed E-state index contributed by atoms with van der Waals surface area (Å²) in [6.45, 7) is 0. The molecule has 1 aromatic carbocycles. The van der Waals surface area contributed by atoms with Gasteiger partial charge in [0, 0.05) is 11.1 Å². The third kappa shape index (κ3) is 3.25. The van der Waals surface area contributed by atoms with E-state index in [9.17, 15) is 35.9 Å². The maximum Gasteiger partial charge on any atom is 0.417 e. The first-order valence-electron chi connectivity index (χ1n) is 4.46.